The first-order chi connectivity index (χ1) is 11.5. The highest BCUT2D eigenvalue weighted by molar-refractivity contribution is 5.79. The number of methoxy groups -OCH3 is 1. The number of carbonyl (C=O) groups is 1. The highest BCUT2D eigenvalue weighted by Crippen LogP contribution is 2.15. The van der Waals surface area contributed by atoms with Gasteiger partial charge in [-0.2, -0.15) is 0 Å². The molecule has 0 fully saturated rings. The number of hydrogen-bond acceptors (Lipinski definition) is 3. The van der Waals surface area contributed by atoms with Crippen LogP contribution in [0, 0.1) is 6.92 Å². The Morgan fingerprint density at radius 2 is 1.83 bits per heavy atom. The van der Waals surface area contributed by atoms with E-state index in [-0.39, 0.29) is 11.9 Å². The van der Waals surface area contributed by atoms with Crippen LogP contribution in [0.25, 0.3) is 0 Å². The Labute approximate surface area is 144 Å². The number of carbonyl (C=O) groups excluding carboxylic acids is 1. The van der Waals surface area contributed by atoms with E-state index in [2.05, 4.69) is 24.0 Å². The number of benzene rings is 1. The van der Waals surface area contributed by atoms with E-state index < -0.39 is 0 Å². The van der Waals surface area contributed by atoms with Gasteiger partial charge in [-0.05, 0) is 56.5 Å². The molecule has 1 atom stereocenters. The highest BCUT2D eigenvalue weighted by Gasteiger charge is 2.19. The summed E-state index contributed by atoms with van der Waals surface area (Å²) in [5.41, 5.74) is 3.12. The summed E-state index contributed by atoms with van der Waals surface area (Å²) < 4.78 is 5.19. The van der Waals surface area contributed by atoms with Crippen LogP contribution < -0.4 is 4.74 Å². The fraction of sp³-hybridized carbons (Fsp3) is 0.400. The van der Waals surface area contributed by atoms with E-state index >= 15 is 0 Å². The molecule has 0 saturated carbocycles. The fourth-order valence-electron chi connectivity index (χ4n) is 2.83. The number of rotatable bonds is 7. The van der Waals surface area contributed by atoms with Crippen LogP contribution in [-0.4, -0.2) is 35.5 Å². The van der Waals surface area contributed by atoms with Gasteiger partial charge in [-0.25, -0.2) is 0 Å². The third kappa shape index (κ3) is 4.82. The zero-order valence-electron chi connectivity index (χ0n) is 15.0. The summed E-state index contributed by atoms with van der Waals surface area (Å²) in [4.78, 5) is 18.8. The van der Waals surface area contributed by atoms with Crippen molar-refractivity contribution in [2.24, 2.45) is 0 Å². The normalized spacial score (nSPS) is 11.8. The number of aryl methyl sites for hydroxylation is 1. The summed E-state index contributed by atoms with van der Waals surface area (Å²) in [5.74, 6) is 0.992. The van der Waals surface area contributed by atoms with E-state index in [1.54, 1.807) is 13.3 Å². The van der Waals surface area contributed by atoms with E-state index in [1.165, 1.54) is 5.56 Å². The summed E-state index contributed by atoms with van der Waals surface area (Å²) in [6.45, 7) is 6.77. The molecule has 0 saturated heterocycles. The number of amides is 1. The van der Waals surface area contributed by atoms with E-state index in [1.807, 2.05) is 43.0 Å². The van der Waals surface area contributed by atoms with Crippen LogP contribution in [0.1, 0.15) is 30.7 Å². The summed E-state index contributed by atoms with van der Waals surface area (Å²) in [7, 11) is 1.66. The number of aromatic nitrogens is 1. The summed E-state index contributed by atoms with van der Waals surface area (Å²) >= 11 is 0. The molecule has 0 aliphatic rings. The number of pyridine rings is 1. The van der Waals surface area contributed by atoms with Gasteiger partial charge in [0.1, 0.15) is 5.75 Å². The van der Waals surface area contributed by atoms with Crippen molar-refractivity contribution in [3.8, 4) is 5.75 Å². The van der Waals surface area contributed by atoms with Crippen molar-refractivity contribution in [1.29, 1.82) is 0 Å². The first-order valence-corrected chi connectivity index (χ1v) is 8.37. The molecule has 2 aromatic rings. The lowest BCUT2D eigenvalue weighted by Gasteiger charge is -2.28. The van der Waals surface area contributed by atoms with Crippen molar-refractivity contribution in [3.63, 3.8) is 0 Å². The Morgan fingerprint density at radius 1 is 1.17 bits per heavy atom. The minimum absolute atomic E-state index is 0.143. The van der Waals surface area contributed by atoms with Crippen LogP contribution in [0.5, 0.6) is 5.75 Å². The van der Waals surface area contributed by atoms with E-state index in [0.29, 0.717) is 13.0 Å². The maximum Gasteiger partial charge on any atom is 0.227 e. The standard InChI is InChI=1S/C20H26N2O2/c1-5-22(20(23)13-18-7-6-15(2)21-14-18)16(3)12-17-8-10-19(24-4)11-9-17/h6-11,14,16H,5,12-13H2,1-4H3/t16-/m1/s1. The zero-order valence-corrected chi connectivity index (χ0v) is 15.0. The van der Waals surface area contributed by atoms with Gasteiger partial charge in [-0.15, -0.1) is 0 Å². The van der Waals surface area contributed by atoms with Gasteiger partial charge in [0.25, 0.3) is 0 Å². The minimum atomic E-state index is 0.143. The average Bonchev–Trinajstić information content (AvgIpc) is 2.58. The third-order valence-corrected chi connectivity index (χ3v) is 4.21. The van der Waals surface area contributed by atoms with Gasteiger partial charge in [-0.1, -0.05) is 18.2 Å². The molecule has 24 heavy (non-hydrogen) atoms. The van der Waals surface area contributed by atoms with Crippen LogP contribution in [0.4, 0.5) is 0 Å². The summed E-state index contributed by atoms with van der Waals surface area (Å²) in [5, 5.41) is 0. The molecule has 4 heteroatoms. The molecular formula is C20H26N2O2. The predicted octanol–water partition coefficient (Wildman–Crippen LogP) is 3.42. The van der Waals surface area contributed by atoms with Crippen LogP contribution in [0.15, 0.2) is 42.6 Å². The quantitative estimate of drug-likeness (QED) is 0.783. The maximum atomic E-state index is 12.6. The Balaban J connectivity index is 1.99. The molecule has 0 N–H and O–H groups in total. The first-order valence-electron chi connectivity index (χ1n) is 8.37. The van der Waals surface area contributed by atoms with Crippen LogP contribution in [-0.2, 0) is 17.6 Å². The van der Waals surface area contributed by atoms with Gasteiger partial charge in [0.2, 0.25) is 5.91 Å². The molecule has 0 unspecified atom stereocenters. The number of hydrogen-bond donors (Lipinski definition) is 0. The van der Waals surface area contributed by atoms with Crippen molar-refractivity contribution in [2.45, 2.75) is 39.7 Å². The minimum Gasteiger partial charge on any atom is -0.497 e. The Bertz CT molecular complexity index is 650. The Hall–Kier alpha value is -2.36. The molecule has 1 amide bonds. The second-order valence-electron chi connectivity index (χ2n) is 6.07. The van der Waals surface area contributed by atoms with Crippen molar-refractivity contribution in [3.05, 3.63) is 59.4 Å². The van der Waals surface area contributed by atoms with E-state index in [9.17, 15) is 4.79 Å². The molecule has 0 aliphatic carbocycles. The van der Waals surface area contributed by atoms with Crippen molar-refractivity contribution < 1.29 is 9.53 Å². The average molecular weight is 326 g/mol. The van der Waals surface area contributed by atoms with Crippen LogP contribution in [0.2, 0.25) is 0 Å². The van der Waals surface area contributed by atoms with Crippen molar-refractivity contribution in [2.75, 3.05) is 13.7 Å². The molecule has 0 bridgehead atoms. The second kappa shape index (κ2) is 8.48. The lowest BCUT2D eigenvalue weighted by atomic mass is 10.0. The number of likely N-dealkylation sites (N-methyl/N-ethyl adjacent to an activating group) is 1. The summed E-state index contributed by atoms with van der Waals surface area (Å²) in [6, 6.07) is 12.1. The first kappa shape index (κ1) is 18.0. The topological polar surface area (TPSA) is 42.4 Å². The highest BCUT2D eigenvalue weighted by atomic mass is 16.5. The monoisotopic (exact) mass is 326 g/mol. The molecule has 128 valence electrons. The second-order valence-corrected chi connectivity index (χ2v) is 6.07. The van der Waals surface area contributed by atoms with Crippen LogP contribution in [0.3, 0.4) is 0 Å². The molecule has 0 radical (unpaired) electrons. The molecule has 1 aromatic carbocycles. The molecular weight excluding hydrogens is 300 g/mol. The van der Waals surface area contributed by atoms with Crippen LogP contribution >= 0.6 is 0 Å². The van der Waals surface area contributed by atoms with Gasteiger partial charge in [0.15, 0.2) is 0 Å². The Kier molecular flexibility index (Phi) is 6.36. The predicted molar refractivity (Wildman–Crippen MR) is 96.2 cm³/mol. The van der Waals surface area contributed by atoms with Gasteiger partial charge < -0.3 is 9.64 Å². The molecule has 1 aromatic heterocycles. The molecule has 0 spiro atoms. The van der Waals surface area contributed by atoms with Gasteiger partial charge >= 0.3 is 0 Å². The third-order valence-electron chi connectivity index (χ3n) is 4.21. The summed E-state index contributed by atoms with van der Waals surface area (Å²) in [6.07, 6.45) is 3.01. The van der Waals surface area contributed by atoms with Gasteiger partial charge in [-0.3, -0.25) is 9.78 Å². The lowest BCUT2D eigenvalue weighted by molar-refractivity contribution is -0.132. The van der Waals surface area contributed by atoms with E-state index in [4.69, 9.17) is 4.74 Å². The molecule has 4 nitrogen and oxygen atoms in total. The lowest BCUT2D eigenvalue weighted by Crippen LogP contribution is -2.40. The number of nitrogens with zero attached hydrogens (tertiary/aromatic N) is 2. The molecule has 0 aliphatic heterocycles. The molecule has 2 rings (SSSR count). The van der Waals surface area contributed by atoms with Crippen molar-refractivity contribution in [1.82, 2.24) is 9.88 Å². The zero-order chi connectivity index (χ0) is 17.5. The SMILES string of the molecule is CCN(C(=O)Cc1ccc(C)nc1)[C@H](C)Cc1ccc(OC)cc1. The fourth-order valence-corrected chi connectivity index (χ4v) is 2.83. The smallest absolute Gasteiger partial charge is 0.227 e. The Morgan fingerprint density at radius 3 is 2.38 bits per heavy atom. The van der Waals surface area contributed by atoms with Gasteiger partial charge in [0.05, 0.1) is 13.5 Å². The number of ether oxygens (including phenoxy) is 1. The molecule has 1 heterocycles. The van der Waals surface area contributed by atoms with Gasteiger partial charge in [0, 0.05) is 24.5 Å². The maximum absolute atomic E-state index is 12.6. The van der Waals surface area contributed by atoms with E-state index in [0.717, 1.165) is 23.4 Å². The largest absolute Gasteiger partial charge is 0.497 e. The van der Waals surface area contributed by atoms with Crippen molar-refractivity contribution >= 4 is 5.91 Å².